The molecule has 3 heteroatoms. The van der Waals surface area contributed by atoms with Gasteiger partial charge in [0.25, 0.3) is 0 Å². The molecule has 0 radical (unpaired) electrons. The van der Waals surface area contributed by atoms with E-state index in [0.717, 1.165) is 23.9 Å². The molecular formula is C15H27N3. The van der Waals surface area contributed by atoms with E-state index in [4.69, 9.17) is 0 Å². The molecule has 102 valence electrons. The van der Waals surface area contributed by atoms with Crippen LogP contribution in [0.1, 0.15) is 58.8 Å². The van der Waals surface area contributed by atoms with Gasteiger partial charge in [-0.3, -0.25) is 0 Å². The lowest BCUT2D eigenvalue weighted by Crippen LogP contribution is -2.25. The monoisotopic (exact) mass is 249 g/mol. The average molecular weight is 249 g/mol. The fourth-order valence-corrected chi connectivity index (χ4v) is 1.52. The molecule has 0 fully saturated rings. The Kier molecular flexibility index (Phi) is 4.71. The molecule has 0 aromatic carbocycles. The molecule has 0 bridgehead atoms. The molecule has 18 heavy (non-hydrogen) atoms. The summed E-state index contributed by atoms with van der Waals surface area (Å²) in [4.78, 5) is 9.01. The van der Waals surface area contributed by atoms with Crippen molar-refractivity contribution in [3.05, 3.63) is 17.5 Å². The first kappa shape index (κ1) is 14.9. The SMILES string of the molecule is Cc1cc(C(C)C)nc(NCC(C)C(C)(C)C)n1. The Balaban J connectivity index is 2.73. The Morgan fingerprint density at radius 3 is 2.28 bits per heavy atom. The molecule has 0 saturated carbocycles. The lowest BCUT2D eigenvalue weighted by Gasteiger charge is -2.27. The van der Waals surface area contributed by atoms with E-state index in [1.807, 2.05) is 6.92 Å². The van der Waals surface area contributed by atoms with Crippen LogP contribution in [0.4, 0.5) is 5.95 Å². The van der Waals surface area contributed by atoms with Crippen molar-refractivity contribution in [2.75, 3.05) is 11.9 Å². The van der Waals surface area contributed by atoms with Crippen molar-refractivity contribution in [2.24, 2.45) is 11.3 Å². The Morgan fingerprint density at radius 1 is 1.17 bits per heavy atom. The van der Waals surface area contributed by atoms with Crippen LogP contribution in [0, 0.1) is 18.3 Å². The number of aromatic nitrogens is 2. The maximum Gasteiger partial charge on any atom is 0.223 e. The highest BCUT2D eigenvalue weighted by molar-refractivity contribution is 5.29. The molecule has 0 amide bonds. The smallest absolute Gasteiger partial charge is 0.223 e. The van der Waals surface area contributed by atoms with Crippen molar-refractivity contribution in [3.8, 4) is 0 Å². The van der Waals surface area contributed by atoms with E-state index in [9.17, 15) is 0 Å². The zero-order valence-corrected chi connectivity index (χ0v) is 12.8. The minimum atomic E-state index is 0.303. The molecule has 1 N–H and O–H groups in total. The third-order valence-corrected chi connectivity index (χ3v) is 3.51. The van der Waals surface area contributed by atoms with Gasteiger partial charge in [0, 0.05) is 17.9 Å². The molecule has 1 aromatic rings. The third kappa shape index (κ3) is 4.28. The first-order valence-electron chi connectivity index (χ1n) is 6.79. The van der Waals surface area contributed by atoms with Gasteiger partial charge >= 0.3 is 0 Å². The molecule has 1 atom stereocenters. The zero-order chi connectivity index (χ0) is 13.9. The summed E-state index contributed by atoms with van der Waals surface area (Å²) < 4.78 is 0. The number of anilines is 1. The van der Waals surface area contributed by atoms with Crippen LogP contribution in [0.15, 0.2) is 6.07 Å². The van der Waals surface area contributed by atoms with E-state index in [1.165, 1.54) is 0 Å². The molecule has 1 rings (SSSR count). The zero-order valence-electron chi connectivity index (χ0n) is 12.8. The summed E-state index contributed by atoms with van der Waals surface area (Å²) >= 11 is 0. The summed E-state index contributed by atoms with van der Waals surface area (Å²) in [5.74, 6) is 1.77. The fourth-order valence-electron chi connectivity index (χ4n) is 1.52. The van der Waals surface area contributed by atoms with Crippen LogP contribution in [-0.4, -0.2) is 16.5 Å². The Bertz CT molecular complexity index is 391. The number of rotatable bonds is 4. The Labute approximate surface area is 111 Å². The van der Waals surface area contributed by atoms with Crippen LogP contribution in [-0.2, 0) is 0 Å². The maximum atomic E-state index is 4.56. The molecule has 1 heterocycles. The van der Waals surface area contributed by atoms with Crippen molar-refractivity contribution < 1.29 is 0 Å². The van der Waals surface area contributed by atoms with Gasteiger partial charge in [0.1, 0.15) is 0 Å². The number of hydrogen-bond acceptors (Lipinski definition) is 3. The predicted molar refractivity (Wildman–Crippen MR) is 78.0 cm³/mol. The van der Waals surface area contributed by atoms with Gasteiger partial charge in [0.15, 0.2) is 0 Å². The number of nitrogens with one attached hydrogen (secondary N) is 1. The van der Waals surface area contributed by atoms with Crippen molar-refractivity contribution in [1.29, 1.82) is 0 Å². The van der Waals surface area contributed by atoms with Crippen LogP contribution in [0.2, 0.25) is 0 Å². The molecule has 1 aromatic heterocycles. The molecule has 3 nitrogen and oxygen atoms in total. The summed E-state index contributed by atoms with van der Waals surface area (Å²) in [6, 6.07) is 2.06. The van der Waals surface area contributed by atoms with Gasteiger partial charge in [-0.05, 0) is 30.2 Å². The van der Waals surface area contributed by atoms with Gasteiger partial charge in [0.05, 0.1) is 0 Å². The summed E-state index contributed by atoms with van der Waals surface area (Å²) in [5, 5.41) is 3.36. The minimum Gasteiger partial charge on any atom is -0.354 e. The quantitative estimate of drug-likeness (QED) is 0.876. The predicted octanol–water partition coefficient (Wildman–Crippen LogP) is 4.00. The lowest BCUT2D eigenvalue weighted by molar-refractivity contribution is 0.274. The Hall–Kier alpha value is -1.12. The van der Waals surface area contributed by atoms with Gasteiger partial charge in [-0.15, -0.1) is 0 Å². The first-order valence-corrected chi connectivity index (χ1v) is 6.79. The highest BCUT2D eigenvalue weighted by atomic mass is 15.1. The first-order chi connectivity index (χ1) is 8.20. The van der Waals surface area contributed by atoms with Crippen LogP contribution < -0.4 is 5.32 Å². The van der Waals surface area contributed by atoms with Crippen LogP contribution in [0.25, 0.3) is 0 Å². The topological polar surface area (TPSA) is 37.8 Å². The Morgan fingerprint density at radius 2 is 1.78 bits per heavy atom. The normalized spacial score (nSPS) is 13.8. The number of aryl methyl sites for hydroxylation is 1. The summed E-state index contributed by atoms with van der Waals surface area (Å²) in [7, 11) is 0. The summed E-state index contributed by atoms with van der Waals surface area (Å²) in [6.45, 7) is 16.3. The van der Waals surface area contributed by atoms with E-state index >= 15 is 0 Å². The fraction of sp³-hybridized carbons (Fsp3) is 0.733. The largest absolute Gasteiger partial charge is 0.354 e. The minimum absolute atomic E-state index is 0.303. The third-order valence-electron chi connectivity index (χ3n) is 3.51. The van der Waals surface area contributed by atoms with Gasteiger partial charge in [-0.1, -0.05) is 41.5 Å². The number of nitrogens with zero attached hydrogens (tertiary/aromatic N) is 2. The van der Waals surface area contributed by atoms with Crippen molar-refractivity contribution >= 4 is 5.95 Å². The molecular weight excluding hydrogens is 222 g/mol. The second-order valence-electron chi connectivity index (χ2n) is 6.56. The maximum absolute atomic E-state index is 4.56. The van der Waals surface area contributed by atoms with E-state index in [2.05, 4.69) is 62.9 Å². The summed E-state index contributed by atoms with van der Waals surface area (Å²) in [5.41, 5.74) is 2.44. The second-order valence-corrected chi connectivity index (χ2v) is 6.56. The van der Waals surface area contributed by atoms with E-state index in [1.54, 1.807) is 0 Å². The molecule has 0 aliphatic carbocycles. The van der Waals surface area contributed by atoms with Gasteiger partial charge in [-0.2, -0.15) is 0 Å². The van der Waals surface area contributed by atoms with Crippen LogP contribution in [0.3, 0.4) is 0 Å². The average Bonchev–Trinajstić information content (AvgIpc) is 2.23. The van der Waals surface area contributed by atoms with Crippen molar-refractivity contribution in [2.45, 2.75) is 54.4 Å². The molecule has 0 spiro atoms. The lowest BCUT2D eigenvalue weighted by atomic mass is 9.82. The second kappa shape index (κ2) is 5.68. The van der Waals surface area contributed by atoms with Crippen LogP contribution >= 0.6 is 0 Å². The summed E-state index contributed by atoms with van der Waals surface area (Å²) in [6.07, 6.45) is 0. The van der Waals surface area contributed by atoms with Crippen molar-refractivity contribution in [1.82, 2.24) is 9.97 Å². The highest BCUT2D eigenvalue weighted by Crippen LogP contribution is 2.25. The van der Waals surface area contributed by atoms with Crippen molar-refractivity contribution in [3.63, 3.8) is 0 Å². The molecule has 0 aliphatic heterocycles. The molecule has 0 saturated heterocycles. The molecule has 1 unspecified atom stereocenters. The van der Waals surface area contributed by atoms with E-state index < -0.39 is 0 Å². The molecule has 0 aliphatic rings. The van der Waals surface area contributed by atoms with Gasteiger partial charge in [0.2, 0.25) is 5.95 Å². The van der Waals surface area contributed by atoms with E-state index in [0.29, 0.717) is 17.3 Å². The highest BCUT2D eigenvalue weighted by Gasteiger charge is 2.19. The van der Waals surface area contributed by atoms with Crippen LogP contribution in [0.5, 0.6) is 0 Å². The van der Waals surface area contributed by atoms with Gasteiger partial charge in [-0.25, -0.2) is 9.97 Å². The van der Waals surface area contributed by atoms with E-state index in [-0.39, 0.29) is 0 Å². The number of hydrogen-bond donors (Lipinski definition) is 1. The standard InChI is InChI=1S/C15H27N3/c1-10(2)13-8-12(4)17-14(18-13)16-9-11(3)15(5,6)7/h8,10-11H,9H2,1-7H3,(H,16,17,18). The van der Waals surface area contributed by atoms with Gasteiger partial charge < -0.3 is 5.32 Å².